The molecule has 0 spiro atoms. The van der Waals surface area contributed by atoms with Gasteiger partial charge >= 0.3 is 19.8 Å². The standard InChI is InChI=1S/C38H63O8P/c1-3-5-7-9-11-13-15-17-19-21-22-24-26-28-30-32-37(39)44-34-36(35-45-47(41,42)43)46-38(40)33-31-29-27-25-23-20-18-16-14-12-10-8-6-4-2/h5,7,10-13,16-19,22,24,36H,3-4,6,8-9,14-15,20-21,23,25-35H2,1-2H3,(H2,41,42,43)/b7-5-,12-10-,13-11-,18-16-,19-17-,24-22-/t36-/m1/s1. The normalized spacial score (nSPS) is 13.4. The molecule has 0 rings (SSSR count). The van der Waals surface area contributed by atoms with Crippen LogP contribution < -0.4 is 0 Å². The van der Waals surface area contributed by atoms with E-state index in [1.807, 2.05) is 0 Å². The van der Waals surface area contributed by atoms with Crippen molar-refractivity contribution in [2.45, 2.75) is 142 Å². The molecule has 0 aromatic heterocycles. The number of esters is 2. The molecule has 0 aromatic carbocycles. The van der Waals surface area contributed by atoms with Crippen LogP contribution >= 0.6 is 7.82 Å². The van der Waals surface area contributed by atoms with Crippen LogP contribution in [0.3, 0.4) is 0 Å². The summed E-state index contributed by atoms with van der Waals surface area (Å²) in [6, 6.07) is 0. The molecule has 0 aliphatic rings. The lowest BCUT2D eigenvalue weighted by molar-refractivity contribution is -0.161. The molecule has 0 aliphatic heterocycles. The van der Waals surface area contributed by atoms with Gasteiger partial charge in [0.05, 0.1) is 6.61 Å². The van der Waals surface area contributed by atoms with E-state index in [0.29, 0.717) is 12.8 Å². The Labute approximate surface area is 285 Å². The summed E-state index contributed by atoms with van der Waals surface area (Å²) >= 11 is 0. The van der Waals surface area contributed by atoms with Crippen LogP contribution in [0.25, 0.3) is 0 Å². The molecule has 0 fully saturated rings. The summed E-state index contributed by atoms with van der Waals surface area (Å²) in [5, 5.41) is 0. The third-order valence-electron chi connectivity index (χ3n) is 6.96. The summed E-state index contributed by atoms with van der Waals surface area (Å²) in [7, 11) is -4.76. The Morgan fingerprint density at radius 1 is 0.574 bits per heavy atom. The fraction of sp³-hybridized carbons (Fsp3) is 0.632. The first kappa shape index (κ1) is 44.5. The van der Waals surface area contributed by atoms with Gasteiger partial charge in [-0.15, -0.1) is 0 Å². The summed E-state index contributed by atoms with van der Waals surface area (Å²) in [6.07, 6.45) is 41.9. The fourth-order valence-corrected chi connectivity index (χ4v) is 4.68. The Hall–Kier alpha value is -2.51. The van der Waals surface area contributed by atoms with Gasteiger partial charge in [0.25, 0.3) is 0 Å². The lowest BCUT2D eigenvalue weighted by Crippen LogP contribution is -2.29. The van der Waals surface area contributed by atoms with Crippen molar-refractivity contribution in [3.63, 3.8) is 0 Å². The molecule has 0 amide bonds. The molecule has 9 heteroatoms. The van der Waals surface area contributed by atoms with E-state index in [1.54, 1.807) is 0 Å². The van der Waals surface area contributed by atoms with Gasteiger partial charge in [0.1, 0.15) is 6.61 Å². The first-order valence-electron chi connectivity index (χ1n) is 17.7. The van der Waals surface area contributed by atoms with Gasteiger partial charge in [-0.3, -0.25) is 14.1 Å². The SMILES string of the molecule is CC/C=C\C/C=C\C/C=C\C/C=C\CCCCC(=O)OC[C@H](COP(=O)(O)O)OC(=O)CCCCCCC/C=C\C/C=C\CCCC. The maximum Gasteiger partial charge on any atom is 0.469 e. The Morgan fingerprint density at radius 2 is 1.02 bits per heavy atom. The van der Waals surface area contributed by atoms with E-state index in [2.05, 4.69) is 91.3 Å². The molecule has 0 aromatic rings. The Morgan fingerprint density at radius 3 is 1.57 bits per heavy atom. The predicted molar refractivity (Wildman–Crippen MR) is 193 cm³/mol. The van der Waals surface area contributed by atoms with E-state index in [-0.39, 0.29) is 19.4 Å². The first-order valence-corrected chi connectivity index (χ1v) is 19.3. The van der Waals surface area contributed by atoms with Crippen LogP contribution in [0.1, 0.15) is 136 Å². The topological polar surface area (TPSA) is 119 Å². The van der Waals surface area contributed by atoms with E-state index < -0.39 is 32.5 Å². The molecule has 47 heavy (non-hydrogen) atoms. The van der Waals surface area contributed by atoms with Gasteiger partial charge in [0.2, 0.25) is 0 Å². The van der Waals surface area contributed by atoms with Crippen molar-refractivity contribution in [1.29, 1.82) is 0 Å². The van der Waals surface area contributed by atoms with Gasteiger partial charge in [-0.25, -0.2) is 4.57 Å². The Balaban J connectivity index is 4.12. The zero-order valence-corrected chi connectivity index (χ0v) is 30.0. The molecule has 0 heterocycles. The van der Waals surface area contributed by atoms with Crippen molar-refractivity contribution in [1.82, 2.24) is 0 Å². The van der Waals surface area contributed by atoms with E-state index in [1.165, 1.54) is 12.8 Å². The van der Waals surface area contributed by atoms with Gasteiger partial charge < -0.3 is 19.3 Å². The summed E-state index contributed by atoms with van der Waals surface area (Å²) in [5.41, 5.74) is 0. The molecule has 0 saturated carbocycles. The maximum absolute atomic E-state index is 12.3. The van der Waals surface area contributed by atoms with E-state index >= 15 is 0 Å². The second-order valence-corrected chi connectivity index (χ2v) is 12.7. The quantitative estimate of drug-likeness (QED) is 0.0322. The van der Waals surface area contributed by atoms with Crippen molar-refractivity contribution in [3.05, 3.63) is 72.9 Å². The van der Waals surface area contributed by atoms with Crippen molar-refractivity contribution in [2.75, 3.05) is 13.2 Å². The minimum Gasteiger partial charge on any atom is -0.462 e. The molecule has 268 valence electrons. The summed E-state index contributed by atoms with van der Waals surface area (Å²) in [4.78, 5) is 42.6. The van der Waals surface area contributed by atoms with Crippen LogP contribution in [0.4, 0.5) is 0 Å². The van der Waals surface area contributed by atoms with Gasteiger partial charge in [-0.2, -0.15) is 0 Å². The highest BCUT2D eigenvalue weighted by Crippen LogP contribution is 2.35. The number of phosphoric acid groups is 1. The van der Waals surface area contributed by atoms with Crippen LogP contribution in [0.5, 0.6) is 0 Å². The molecular formula is C38H63O8P. The molecule has 2 N–H and O–H groups in total. The molecular weight excluding hydrogens is 615 g/mol. The van der Waals surface area contributed by atoms with Crippen molar-refractivity contribution in [3.8, 4) is 0 Å². The number of rotatable bonds is 31. The van der Waals surface area contributed by atoms with E-state index in [4.69, 9.17) is 19.3 Å². The lowest BCUT2D eigenvalue weighted by atomic mass is 10.1. The number of hydrogen-bond acceptors (Lipinski definition) is 6. The summed E-state index contributed by atoms with van der Waals surface area (Å²) in [6.45, 7) is 3.45. The summed E-state index contributed by atoms with van der Waals surface area (Å²) in [5.74, 6) is -0.959. The van der Waals surface area contributed by atoms with Gasteiger partial charge in [-0.05, 0) is 77.0 Å². The third kappa shape index (κ3) is 36.2. The monoisotopic (exact) mass is 678 g/mol. The molecule has 0 aliphatic carbocycles. The lowest BCUT2D eigenvalue weighted by Gasteiger charge is -2.18. The number of phosphoric ester groups is 1. The average Bonchev–Trinajstić information content (AvgIpc) is 3.03. The van der Waals surface area contributed by atoms with Crippen molar-refractivity contribution >= 4 is 19.8 Å². The predicted octanol–water partition coefficient (Wildman–Crippen LogP) is 10.3. The molecule has 0 unspecified atom stereocenters. The van der Waals surface area contributed by atoms with Crippen LogP contribution in [-0.4, -0.2) is 41.0 Å². The van der Waals surface area contributed by atoms with E-state index in [9.17, 15) is 14.2 Å². The highest BCUT2D eigenvalue weighted by atomic mass is 31.2. The van der Waals surface area contributed by atoms with Crippen LogP contribution in [-0.2, 0) is 28.2 Å². The Bertz CT molecular complexity index is 990. The van der Waals surface area contributed by atoms with Gasteiger partial charge in [0, 0.05) is 12.8 Å². The highest BCUT2D eigenvalue weighted by Gasteiger charge is 2.22. The smallest absolute Gasteiger partial charge is 0.462 e. The fourth-order valence-electron chi connectivity index (χ4n) is 4.32. The maximum atomic E-state index is 12.3. The van der Waals surface area contributed by atoms with E-state index in [0.717, 1.165) is 83.5 Å². The van der Waals surface area contributed by atoms with Crippen LogP contribution in [0.2, 0.25) is 0 Å². The minimum absolute atomic E-state index is 0.182. The first-order chi connectivity index (χ1) is 22.8. The van der Waals surface area contributed by atoms with Gasteiger partial charge in [0.15, 0.2) is 6.10 Å². The number of ether oxygens (including phenoxy) is 2. The minimum atomic E-state index is -4.76. The number of hydrogen-bond donors (Lipinski definition) is 2. The summed E-state index contributed by atoms with van der Waals surface area (Å²) < 4.78 is 26.2. The zero-order valence-electron chi connectivity index (χ0n) is 29.1. The molecule has 0 bridgehead atoms. The molecule has 8 nitrogen and oxygen atoms in total. The average molecular weight is 679 g/mol. The van der Waals surface area contributed by atoms with Gasteiger partial charge in [-0.1, -0.05) is 119 Å². The van der Waals surface area contributed by atoms with Crippen LogP contribution in [0, 0.1) is 0 Å². The number of unbranched alkanes of at least 4 members (excludes halogenated alkanes) is 9. The molecule has 0 saturated heterocycles. The van der Waals surface area contributed by atoms with Crippen LogP contribution in [0.15, 0.2) is 72.9 Å². The molecule has 0 radical (unpaired) electrons. The number of allylic oxidation sites excluding steroid dienone is 12. The van der Waals surface area contributed by atoms with Crippen molar-refractivity contribution in [2.24, 2.45) is 0 Å². The molecule has 1 atom stereocenters. The second-order valence-electron chi connectivity index (χ2n) is 11.5. The Kier molecular flexibility index (Phi) is 31.6. The largest absolute Gasteiger partial charge is 0.469 e. The van der Waals surface area contributed by atoms with Crippen molar-refractivity contribution < 1.29 is 37.9 Å². The second kappa shape index (κ2) is 33.4. The number of carbonyl (C=O) groups excluding carboxylic acids is 2. The zero-order chi connectivity index (χ0) is 34.7. The highest BCUT2D eigenvalue weighted by molar-refractivity contribution is 7.46. The third-order valence-corrected chi connectivity index (χ3v) is 7.44. The number of carbonyl (C=O) groups is 2.